The predicted octanol–water partition coefficient (Wildman–Crippen LogP) is 2.02. The maximum absolute atomic E-state index is 13.1. The molecule has 4 N–H and O–H groups in total. The molecular formula is C20H28N6O3. The van der Waals surface area contributed by atoms with Gasteiger partial charge in [-0.2, -0.15) is 4.98 Å². The first-order valence-electron chi connectivity index (χ1n) is 9.78. The largest absolute Gasteiger partial charge is 0.481 e. The summed E-state index contributed by atoms with van der Waals surface area (Å²) >= 11 is 0. The number of hydrogen-bond acceptors (Lipinski definition) is 8. The molecule has 29 heavy (non-hydrogen) atoms. The quantitative estimate of drug-likeness (QED) is 0.614. The van der Waals surface area contributed by atoms with E-state index in [4.69, 9.17) is 10.5 Å². The van der Waals surface area contributed by atoms with Crippen LogP contribution >= 0.6 is 0 Å². The van der Waals surface area contributed by atoms with Gasteiger partial charge in [0.2, 0.25) is 11.8 Å². The highest BCUT2D eigenvalue weighted by atomic mass is 16.5. The fraction of sp³-hybridized carbons (Fsp3) is 0.500. The third-order valence-electron chi connectivity index (χ3n) is 5.15. The monoisotopic (exact) mass is 400 g/mol. The van der Waals surface area contributed by atoms with Gasteiger partial charge in [-0.3, -0.25) is 4.79 Å². The first-order chi connectivity index (χ1) is 13.9. The van der Waals surface area contributed by atoms with Crippen molar-refractivity contribution in [2.45, 2.75) is 45.1 Å². The zero-order chi connectivity index (χ0) is 21.0. The Kier molecular flexibility index (Phi) is 6.17. The molecule has 2 aromatic rings. The Hall–Kier alpha value is -2.94. The molecule has 9 heteroatoms. The van der Waals surface area contributed by atoms with Crippen molar-refractivity contribution in [1.82, 2.24) is 15.0 Å². The summed E-state index contributed by atoms with van der Waals surface area (Å²) in [6, 6.07) is 3.49. The van der Waals surface area contributed by atoms with Crippen LogP contribution in [0, 0.1) is 0 Å². The third kappa shape index (κ3) is 4.40. The molecule has 3 rings (SSSR count). The molecule has 0 saturated heterocycles. The van der Waals surface area contributed by atoms with Gasteiger partial charge in [0.15, 0.2) is 0 Å². The molecule has 0 bridgehead atoms. The molecule has 1 unspecified atom stereocenters. The zero-order valence-electron chi connectivity index (χ0n) is 17.1. The molecule has 156 valence electrons. The number of pyridine rings is 1. The summed E-state index contributed by atoms with van der Waals surface area (Å²) in [5.74, 6) is 0.757. The van der Waals surface area contributed by atoms with E-state index >= 15 is 0 Å². The van der Waals surface area contributed by atoms with Crippen LogP contribution in [-0.4, -0.2) is 51.8 Å². The van der Waals surface area contributed by atoms with E-state index in [2.05, 4.69) is 27.2 Å². The van der Waals surface area contributed by atoms with Gasteiger partial charge in [0.1, 0.15) is 11.5 Å². The molecule has 0 saturated carbocycles. The van der Waals surface area contributed by atoms with E-state index in [1.165, 1.54) is 0 Å². The Balaban J connectivity index is 1.91. The van der Waals surface area contributed by atoms with E-state index in [0.29, 0.717) is 30.4 Å². The smallest absolute Gasteiger partial charge is 0.277 e. The number of nitrogens with one attached hydrogen (secondary N) is 1. The van der Waals surface area contributed by atoms with Crippen LogP contribution in [0.3, 0.4) is 0 Å². The highest BCUT2D eigenvalue weighted by Gasteiger charge is 2.32. The fourth-order valence-corrected chi connectivity index (χ4v) is 3.40. The lowest BCUT2D eigenvalue weighted by atomic mass is 9.95. The van der Waals surface area contributed by atoms with Crippen LogP contribution < -0.4 is 20.7 Å². The summed E-state index contributed by atoms with van der Waals surface area (Å²) in [5, 5.41) is 13.2. The lowest BCUT2D eigenvalue weighted by Gasteiger charge is -2.33. The van der Waals surface area contributed by atoms with Gasteiger partial charge >= 0.3 is 0 Å². The van der Waals surface area contributed by atoms with Crippen molar-refractivity contribution in [3.63, 3.8) is 0 Å². The van der Waals surface area contributed by atoms with Crippen LogP contribution in [0.2, 0.25) is 0 Å². The number of amides is 1. The summed E-state index contributed by atoms with van der Waals surface area (Å²) in [5.41, 5.74) is 7.01. The maximum atomic E-state index is 13.1. The van der Waals surface area contributed by atoms with Crippen LogP contribution in [0.4, 0.5) is 17.5 Å². The van der Waals surface area contributed by atoms with E-state index in [0.717, 1.165) is 24.8 Å². The minimum Gasteiger partial charge on any atom is -0.481 e. The van der Waals surface area contributed by atoms with Crippen molar-refractivity contribution >= 4 is 23.4 Å². The van der Waals surface area contributed by atoms with Gasteiger partial charge < -0.3 is 25.8 Å². The number of anilines is 3. The molecule has 3 heterocycles. The number of nitrogen functional groups attached to an aromatic ring is 1. The van der Waals surface area contributed by atoms with Crippen molar-refractivity contribution in [3.05, 3.63) is 29.6 Å². The second-order valence-corrected chi connectivity index (χ2v) is 7.47. The summed E-state index contributed by atoms with van der Waals surface area (Å²) in [4.78, 5) is 27.5. The summed E-state index contributed by atoms with van der Waals surface area (Å²) in [7, 11) is 1.54. The predicted molar refractivity (Wildman–Crippen MR) is 111 cm³/mol. The topological polar surface area (TPSA) is 126 Å². The second kappa shape index (κ2) is 8.60. The maximum Gasteiger partial charge on any atom is 0.277 e. The first-order valence-corrected chi connectivity index (χ1v) is 9.78. The number of carbonyl (C=O) groups excluding carboxylic acids is 1. The molecule has 1 atom stereocenters. The van der Waals surface area contributed by atoms with Crippen LogP contribution in [0.1, 0.15) is 49.2 Å². The number of unbranched alkanes of at least 4 members (excludes halogenated alkanes) is 1. The Morgan fingerprint density at radius 3 is 2.79 bits per heavy atom. The number of nitrogens with zero attached hydrogens (tertiary/aromatic N) is 4. The van der Waals surface area contributed by atoms with Gasteiger partial charge in [0, 0.05) is 18.2 Å². The molecule has 0 radical (unpaired) electrons. The fourth-order valence-electron chi connectivity index (χ4n) is 3.40. The molecule has 2 aromatic heterocycles. The number of fused-ring (bicyclic) bond motifs is 1. The Labute approximate surface area is 170 Å². The number of carbonyl (C=O) groups is 1. The molecule has 0 spiro atoms. The molecule has 0 aromatic carbocycles. The Bertz CT molecular complexity index is 873. The highest BCUT2D eigenvalue weighted by Crippen LogP contribution is 2.30. The lowest BCUT2D eigenvalue weighted by molar-refractivity contribution is 0.0975. The van der Waals surface area contributed by atoms with Gasteiger partial charge in [-0.15, -0.1) is 0 Å². The highest BCUT2D eigenvalue weighted by molar-refractivity contribution is 6.07. The van der Waals surface area contributed by atoms with Gasteiger partial charge in [0.05, 0.1) is 31.1 Å². The van der Waals surface area contributed by atoms with Crippen molar-refractivity contribution in [1.29, 1.82) is 0 Å². The normalized spacial score (nSPS) is 15.6. The molecule has 9 nitrogen and oxygen atoms in total. The molecular weight excluding hydrogens is 372 g/mol. The standard InChI is InChI=1S/C20H28N6O3/c1-4-5-9-20(2,12-27)25-17-14-8-10-26(13-6-7-15(29-3)22-11-13)18(28)16(14)23-19(21)24-17/h6-7,11,27H,4-5,8-10,12H2,1-3H3,(H3,21,23,24,25). The summed E-state index contributed by atoms with van der Waals surface area (Å²) in [6.45, 7) is 4.45. The van der Waals surface area contributed by atoms with Crippen molar-refractivity contribution in [2.24, 2.45) is 0 Å². The molecule has 0 aliphatic carbocycles. The molecule has 1 aliphatic rings. The minimum absolute atomic E-state index is 0.0186. The van der Waals surface area contributed by atoms with Crippen LogP contribution in [0.5, 0.6) is 5.88 Å². The second-order valence-electron chi connectivity index (χ2n) is 7.47. The molecule has 1 amide bonds. The number of rotatable bonds is 8. The van der Waals surface area contributed by atoms with E-state index in [1.807, 2.05) is 6.92 Å². The average molecular weight is 400 g/mol. The molecule has 0 fully saturated rings. The van der Waals surface area contributed by atoms with Gasteiger partial charge in [-0.25, -0.2) is 9.97 Å². The third-order valence-corrected chi connectivity index (χ3v) is 5.15. The summed E-state index contributed by atoms with van der Waals surface area (Å²) in [6.07, 6.45) is 4.91. The summed E-state index contributed by atoms with van der Waals surface area (Å²) < 4.78 is 5.08. The number of ether oxygens (including phenoxy) is 1. The average Bonchev–Trinajstić information content (AvgIpc) is 2.73. The van der Waals surface area contributed by atoms with Crippen LogP contribution in [0.15, 0.2) is 18.3 Å². The Morgan fingerprint density at radius 2 is 2.17 bits per heavy atom. The number of aromatic nitrogens is 3. The van der Waals surface area contributed by atoms with E-state index in [-0.39, 0.29) is 24.2 Å². The number of hydrogen-bond donors (Lipinski definition) is 3. The number of nitrogens with two attached hydrogens (primary N) is 1. The van der Waals surface area contributed by atoms with Gasteiger partial charge in [0.25, 0.3) is 5.91 Å². The van der Waals surface area contributed by atoms with E-state index < -0.39 is 5.54 Å². The molecule has 1 aliphatic heterocycles. The first kappa shape index (κ1) is 20.8. The minimum atomic E-state index is -0.551. The van der Waals surface area contributed by atoms with Crippen molar-refractivity contribution < 1.29 is 14.6 Å². The van der Waals surface area contributed by atoms with E-state index in [1.54, 1.807) is 30.3 Å². The van der Waals surface area contributed by atoms with Crippen molar-refractivity contribution in [2.75, 3.05) is 36.2 Å². The van der Waals surface area contributed by atoms with E-state index in [9.17, 15) is 9.90 Å². The number of methoxy groups -OCH3 is 1. The van der Waals surface area contributed by atoms with Crippen LogP contribution in [-0.2, 0) is 6.42 Å². The van der Waals surface area contributed by atoms with Gasteiger partial charge in [-0.05, 0) is 25.8 Å². The lowest BCUT2D eigenvalue weighted by Crippen LogP contribution is -2.42. The van der Waals surface area contributed by atoms with Crippen LogP contribution in [0.25, 0.3) is 0 Å². The number of aliphatic hydroxyl groups is 1. The van der Waals surface area contributed by atoms with Gasteiger partial charge in [-0.1, -0.05) is 19.8 Å². The Morgan fingerprint density at radius 1 is 1.38 bits per heavy atom. The number of aliphatic hydroxyl groups excluding tert-OH is 1. The SMILES string of the molecule is CCCCC(C)(CO)Nc1nc(N)nc2c1CCN(c1ccc(OC)nc1)C2=O. The van der Waals surface area contributed by atoms with Crippen molar-refractivity contribution in [3.8, 4) is 5.88 Å². The zero-order valence-corrected chi connectivity index (χ0v) is 17.1.